The molecule has 0 unspecified atom stereocenters. The smallest absolute Gasteiger partial charge is 0.336 e. The molecule has 33 heavy (non-hydrogen) atoms. The predicted molar refractivity (Wildman–Crippen MR) is 121 cm³/mol. The lowest BCUT2D eigenvalue weighted by Gasteiger charge is -2.39. The third kappa shape index (κ3) is 4.31. The van der Waals surface area contributed by atoms with E-state index in [1.54, 1.807) is 31.2 Å². The monoisotopic (exact) mass is 446 g/mol. The van der Waals surface area contributed by atoms with Gasteiger partial charge >= 0.3 is 5.63 Å². The van der Waals surface area contributed by atoms with Gasteiger partial charge in [-0.25, -0.2) is 19.2 Å². The molecule has 0 N–H and O–H groups in total. The van der Waals surface area contributed by atoms with Crippen molar-refractivity contribution >= 4 is 11.0 Å². The number of benzene rings is 2. The Balaban J connectivity index is 1.39. The lowest BCUT2D eigenvalue weighted by molar-refractivity contribution is -0.0287. The lowest BCUT2D eigenvalue weighted by atomic mass is 9.90. The van der Waals surface area contributed by atoms with Crippen molar-refractivity contribution < 1.29 is 18.3 Å². The SMILES string of the molecule is Cc1cc(Cc2cc(O[C@H]3Cc4cc5ccc(=O)oc5cc4OC3(C)C)ncn2)ccc1F. The van der Waals surface area contributed by atoms with Crippen LogP contribution in [0.1, 0.15) is 36.2 Å². The number of nitrogens with zero attached hydrogens (tertiary/aromatic N) is 2. The average molecular weight is 446 g/mol. The van der Waals surface area contributed by atoms with Crippen LogP contribution >= 0.6 is 0 Å². The van der Waals surface area contributed by atoms with E-state index in [2.05, 4.69) is 9.97 Å². The zero-order valence-electron chi connectivity index (χ0n) is 18.6. The van der Waals surface area contributed by atoms with Crippen LogP contribution in [0, 0.1) is 12.7 Å². The van der Waals surface area contributed by atoms with E-state index in [0.29, 0.717) is 35.6 Å². The van der Waals surface area contributed by atoms with E-state index in [1.165, 1.54) is 18.5 Å². The predicted octanol–water partition coefficient (Wildman–Crippen LogP) is 4.78. The van der Waals surface area contributed by atoms with Crippen LogP contribution in [0.4, 0.5) is 4.39 Å². The number of hydrogen-bond donors (Lipinski definition) is 0. The van der Waals surface area contributed by atoms with Crippen LogP contribution in [0.25, 0.3) is 11.0 Å². The summed E-state index contributed by atoms with van der Waals surface area (Å²) in [6.07, 6.45) is 2.33. The number of aryl methyl sites for hydroxylation is 1. The first-order valence-electron chi connectivity index (χ1n) is 10.8. The van der Waals surface area contributed by atoms with E-state index in [1.807, 2.05) is 26.0 Å². The van der Waals surface area contributed by atoms with Crippen molar-refractivity contribution in [2.24, 2.45) is 0 Å². The van der Waals surface area contributed by atoms with Crippen molar-refractivity contribution in [3.05, 3.63) is 93.5 Å². The van der Waals surface area contributed by atoms with Gasteiger partial charge in [0.15, 0.2) is 0 Å². The zero-order chi connectivity index (χ0) is 23.2. The minimum atomic E-state index is -0.644. The van der Waals surface area contributed by atoms with Crippen molar-refractivity contribution in [2.75, 3.05) is 0 Å². The molecule has 2 aromatic carbocycles. The van der Waals surface area contributed by atoms with Crippen LogP contribution in [-0.2, 0) is 12.8 Å². The molecule has 1 aliphatic heterocycles. The second-order valence-electron chi connectivity index (χ2n) is 8.88. The lowest BCUT2D eigenvalue weighted by Crippen LogP contribution is -2.49. The molecule has 2 aromatic heterocycles. The number of hydrogen-bond acceptors (Lipinski definition) is 6. The second kappa shape index (κ2) is 7.99. The first kappa shape index (κ1) is 21.1. The van der Waals surface area contributed by atoms with E-state index in [9.17, 15) is 9.18 Å². The van der Waals surface area contributed by atoms with Gasteiger partial charge in [-0.15, -0.1) is 0 Å². The topological polar surface area (TPSA) is 74.5 Å². The van der Waals surface area contributed by atoms with Gasteiger partial charge in [0.2, 0.25) is 5.88 Å². The van der Waals surface area contributed by atoms with Crippen LogP contribution in [0.15, 0.2) is 64.1 Å². The fraction of sp³-hybridized carbons (Fsp3) is 0.269. The summed E-state index contributed by atoms with van der Waals surface area (Å²) in [5, 5.41) is 0.828. The summed E-state index contributed by atoms with van der Waals surface area (Å²) in [4.78, 5) is 20.2. The van der Waals surface area contributed by atoms with Gasteiger partial charge in [-0.3, -0.25) is 0 Å². The Bertz CT molecular complexity index is 1410. The Hall–Kier alpha value is -3.74. The van der Waals surface area contributed by atoms with E-state index < -0.39 is 11.2 Å². The molecule has 0 radical (unpaired) electrons. The van der Waals surface area contributed by atoms with Gasteiger partial charge in [0, 0.05) is 36.4 Å². The molecule has 0 saturated heterocycles. The molecule has 3 heterocycles. The van der Waals surface area contributed by atoms with Crippen LogP contribution < -0.4 is 15.1 Å². The van der Waals surface area contributed by atoms with Crippen molar-refractivity contribution in [1.82, 2.24) is 9.97 Å². The van der Waals surface area contributed by atoms with Gasteiger partial charge in [0.05, 0.1) is 5.69 Å². The third-order valence-electron chi connectivity index (χ3n) is 5.93. The van der Waals surface area contributed by atoms with E-state index in [4.69, 9.17) is 13.9 Å². The van der Waals surface area contributed by atoms with Crippen LogP contribution in [-0.4, -0.2) is 21.7 Å². The van der Waals surface area contributed by atoms with Gasteiger partial charge in [0.25, 0.3) is 0 Å². The number of halogens is 1. The fourth-order valence-electron chi connectivity index (χ4n) is 4.09. The normalized spacial score (nSPS) is 16.8. The molecule has 1 atom stereocenters. The fourth-order valence-corrected chi connectivity index (χ4v) is 4.09. The minimum Gasteiger partial charge on any atom is -0.484 e. The molecule has 0 aliphatic carbocycles. The maximum absolute atomic E-state index is 13.6. The quantitative estimate of drug-likeness (QED) is 0.420. The summed E-state index contributed by atoms with van der Waals surface area (Å²) < 4.78 is 31.4. The summed E-state index contributed by atoms with van der Waals surface area (Å²) in [6.45, 7) is 5.65. The van der Waals surface area contributed by atoms with Crippen molar-refractivity contribution in [3.8, 4) is 11.6 Å². The Morgan fingerprint density at radius 1 is 1.12 bits per heavy atom. The number of aromatic nitrogens is 2. The van der Waals surface area contributed by atoms with Crippen LogP contribution in [0.2, 0.25) is 0 Å². The van der Waals surface area contributed by atoms with Crippen LogP contribution in [0.3, 0.4) is 0 Å². The molecule has 0 amide bonds. The Morgan fingerprint density at radius 2 is 1.97 bits per heavy atom. The number of ether oxygens (including phenoxy) is 2. The first-order valence-corrected chi connectivity index (χ1v) is 10.8. The number of fused-ring (bicyclic) bond motifs is 2. The van der Waals surface area contributed by atoms with Gasteiger partial charge in [-0.05, 0) is 55.7 Å². The van der Waals surface area contributed by atoms with Gasteiger partial charge in [-0.1, -0.05) is 12.1 Å². The maximum atomic E-state index is 13.6. The standard InChI is InChI=1S/C26H23FN2O4/c1-15-8-16(4-6-20(15)27)9-19-12-24(29-14-28-19)32-23-11-18-10-17-5-7-25(30)31-21(17)13-22(18)33-26(23,2)3/h4-8,10,12-14,23H,9,11H2,1-3H3/t23-/m0/s1. The molecule has 5 rings (SSSR count). The Kier molecular flexibility index (Phi) is 5.12. The molecular weight excluding hydrogens is 423 g/mol. The van der Waals surface area contributed by atoms with Crippen molar-refractivity contribution in [2.45, 2.75) is 45.3 Å². The highest BCUT2D eigenvalue weighted by Crippen LogP contribution is 2.37. The van der Waals surface area contributed by atoms with Gasteiger partial charge < -0.3 is 13.9 Å². The van der Waals surface area contributed by atoms with Crippen molar-refractivity contribution in [1.29, 1.82) is 0 Å². The molecular formula is C26H23FN2O4. The Labute approximate surface area is 190 Å². The molecule has 0 spiro atoms. The number of rotatable bonds is 4. The summed E-state index contributed by atoms with van der Waals surface area (Å²) in [5.41, 5.74) is 2.77. The van der Waals surface area contributed by atoms with Gasteiger partial charge in [-0.2, -0.15) is 0 Å². The highest BCUT2D eigenvalue weighted by atomic mass is 19.1. The van der Waals surface area contributed by atoms with Gasteiger partial charge in [0.1, 0.15) is 35.2 Å². The van der Waals surface area contributed by atoms with E-state index in [0.717, 1.165) is 22.2 Å². The third-order valence-corrected chi connectivity index (χ3v) is 5.93. The summed E-state index contributed by atoms with van der Waals surface area (Å²) in [6, 6.07) is 13.7. The first-order chi connectivity index (χ1) is 15.8. The summed E-state index contributed by atoms with van der Waals surface area (Å²) in [7, 11) is 0. The van der Waals surface area contributed by atoms with E-state index in [-0.39, 0.29) is 11.9 Å². The molecule has 0 fully saturated rings. The Morgan fingerprint density at radius 3 is 2.79 bits per heavy atom. The molecule has 0 saturated carbocycles. The summed E-state index contributed by atoms with van der Waals surface area (Å²) >= 11 is 0. The average Bonchev–Trinajstić information content (AvgIpc) is 2.76. The van der Waals surface area contributed by atoms with Crippen LogP contribution in [0.5, 0.6) is 11.6 Å². The zero-order valence-corrected chi connectivity index (χ0v) is 18.6. The molecule has 7 heteroatoms. The minimum absolute atomic E-state index is 0.222. The molecule has 4 aromatic rings. The molecule has 0 bridgehead atoms. The van der Waals surface area contributed by atoms with E-state index >= 15 is 0 Å². The maximum Gasteiger partial charge on any atom is 0.336 e. The molecule has 6 nitrogen and oxygen atoms in total. The highest BCUT2D eigenvalue weighted by molar-refractivity contribution is 5.79. The van der Waals surface area contributed by atoms with Crippen molar-refractivity contribution in [3.63, 3.8) is 0 Å². The molecule has 1 aliphatic rings. The second-order valence-corrected chi connectivity index (χ2v) is 8.88. The molecule has 168 valence electrons. The highest BCUT2D eigenvalue weighted by Gasteiger charge is 2.39. The largest absolute Gasteiger partial charge is 0.484 e. The summed E-state index contributed by atoms with van der Waals surface area (Å²) in [5.74, 6) is 0.910.